The van der Waals surface area contributed by atoms with Crippen LogP contribution in [0.3, 0.4) is 0 Å². The van der Waals surface area contributed by atoms with Gasteiger partial charge in [-0.3, -0.25) is 4.89 Å². The summed E-state index contributed by atoms with van der Waals surface area (Å²) in [6.07, 6.45) is 1.48. The van der Waals surface area contributed by atoms with Gasteiger partial charge in [0.15, 0.2) is 5.69 Å². The van der Waals surface area contributed by atoms with Gasteiger partial charge in [-0.15, -0.1) is 4.33 Å². The first-order chi connectivity index (χ1) is 5.34. The minimum atomic E-state index is -0.666. The molecule has 69 valence electrons. The van der Waals surface area contributed by atoms with Crippen LogP contribution in [-0.2, 0) is 26.3 Å². The minimum Gasteiger partial charge on any atom is -0.279 e. The molecule has 6 heteroatoms. The molecule has 0 aromatic carbocycles. The fourth-order valence-corrected chi connectivity index (χ4v) is 0.628. The molecule has 0 atom stereocenters. The van der Waals surface area contributed by atoms with Crippen molar-refractivity contribution in [1.82, 2.24) is 4.98 Å². The van der Waals surface area contributed by atoms with Crippen LogP contribution in [0, 0.1) is 0 Å². The second kappa shape index (κ2) is 6.02. The number of carbonyl (C=O) groups is 1. The molecule has 1 aromatic rings. The van der Waals surface area contributed by atoms with Crippen molar-refractivity contribution in [1.29, 1.82) is 0 Å². The maximum Gasteiger partial charge on any atom is 0.392 e. The van der Waals surface area contributed by atoms with Crippen molar-refractivity contribution in [3.8, 4) is 0 Å². The average molecular weight is 235 g/mol. The molecule has 0 unspecified atom stereocenters. The molecule has 0 spiro atoms. The van der Waals surface area contributed by atoms with Crippen molar-refractivity contribution >= 4 is 18.9 Å². The van der Waals surface area contributed by atoms with E-state index < -0.39 is 5.97 Å². The van der Waals surface area contributed by atoms with Gasteiger partial charge in [0, 0.05) is 36.2 Å². The number of hydrogen-bond donors (Lipinski definition) is 1. The average Bonchev–Trinajstić information content (AvgIpc) is 2.07. The van der Waals surface area contributed by atoms with Gasteiger partial charge in [-0.2, -0.15) is 0 Å². The summed E-state index contributed by atoms with van der Waals surface area (Å²) in [5, 5.41) is 0. The molecule has 0 saturated carbocycles. The van der Waals surface area contributed by atoms with Crippen LogP contribution in [-0.4, -0.2) is 11.0 Å². The van der Waals surface area contributed by atoms with Crippen molar-refractivity contribution in [3.63, 3.8) is 0 Å². The SMILES string of the molecule is O=C(OOS)c1ccccn1.[Cu]. The van der Waals surface area contributed by atoms with Gasteiger partial charge >= 0.3 is 5.97 Å². The molecular formula is C6H5CuNO3S. The van der Waals surface area contributed by atoms with E-state index >= 15 is 0 Å². The van der Waals surface area contributed by atoms with Crippen molar-refractivity contribution in [2.45, 2.75) is 0 Å². The maximum absolute atomic E-state index is 10.8. The molecule has 12 heavy (non-hydrogen) atoms. The molecule has 1 radical (unpaired) electrons. The third-order valence-corrected chi connectivity index (χ3v) is 1.06. The Hall–Kier alpha value is -0.551. The number of thiol groups is 1. The van der Waals surface area contributed by atoms with Gasteiger partial charge < -0.3 is 0 Å². The summed E-state index contributed by atoms with van der Waals surface area (Å²) in [7, 11) is 0. The van der Waals surface area contributed by atoms with Crippen LogP contribution in [0.15, 0.2) is 24.4 Å². The molecule has 0 saturated heterocycles. The van der Waals surface area contributed by atoms with Gasteiger partial charge in [0.25, 0.3) is 0 Å². The second-order valence-electron chi connectivity index (χ2n) is 1.66. The van der Waals surface area contributed by atoms with Crippen LogP contribution in [0.2, 0.25) is 0 Å². The standard InChI is InChI=1S/C6H5NO3S.Cu/c8-6(9-10-11)5-3-1-2-4-7-5;/h1-4,11H;. The van der Waals surface area contributed by atoms with Gasteiger partial charge in [-0.25, -0.2) is 9.78 Å². The van der Waals surface area contributed by atoms with Crippen molar-refractivity contribution in [3.05, 3.63) is 30.1 Å². The van der Waals surface area contributed by atoms with E-state index in [2.05, 4.69) is 27.1 Å². The van der Waals surface area contributed by atoms with Crippen LogP contribution >= 0.6 is 12.9 Å². The summed E-state index contributed by atoms with van der Waals surface area (Å²) in [5.41, 5.74) is 0.182. The first kappa shape index (κ1) is 11.4. The minimum absolute atomic E-state index is 0. The summed E-state index contributed by atoms with van der Waals surface area (Å²) in [5.74, 6) is -0.666. The molecule has 0 aliphatic carbocycles. The second-order valence-corrected chi connectivity index (χ2v) is 1.81. The first-order valence-corrected chi connectivity index (χ1v) is 3.14. The molecule has 0 fully saturated rings. The Morgan fingerprint density at radius 2 is 2.25 bits per heavy atom. The number of aromatic nitrogens is 1. The third-order valence-electron chi connectivity index (χ3n) is 0.987. The van der Waals surface area contributed by atoms with E-state index in [1.54, 1.807) is 12.1 Å². The normalized spacial score (nSPS) is 8.42. The Bertz CT molecular complexity index is 244. The topological polar surface area (TPSA) is 48.4 Å². The fourth-order valence-electron chi connectivity index (χ4n) is 0.560. The van der Waals surface area contributed by atoms with E-state index in [1.165, 1.54) is 12.3 Å². The summed E-state index contributed by atoms with van der Waals surface area (Å²) in [6, 6.07) is 4.87. The fraction of sp³-hybridized carbons (Fsp3) is 0. The van der Waals surface area contributed by atoms with Crippen LogP contribution in [0.4, 0.5) is 0 Å². The van der Waals surface area contributed by atoms with E-state index in [0.717, 1.165) is 0 Å². The number of rotatable bonds is 2. The molecule has 1 rings (SSSR count). The molecule has 1 heterocycles. The summed E-state index contributed by atoms with van der Waals surface area (Å²) in [6.45, 7) is 0. The maximum atomic E-state index is 10.8. The zero-order valence-corrected chi connectivity index (χ0v) is 7.57. The summed E-state index contributed by atoms with van der Waals surface area (Å²) in [4.78, 5) is 18.6. The molecule has 0 aliphatic rings. The number of carbonyl (C=O) groups excluding carboxylic acids is 1. The van der Waals surface area contributed by atoms with Gasteiger partial charge in [0.05, 0.1) is 0 Å². The van der Waals surface area contributed by atoms with E-state index in [4.69, 9.17) is 0 Å². The number of hydrogen-bond acceptors (Lipinski definition) is 5. The molecule has 0 amide bonds. The Kier molecular flexibility index (Phi) is 5.74. The van der Waals surface area contributed by atoms with Crippen molar-refractivity contribution in [2.24, 2.45) is 0 Å². The van der Waals surface area contributed by atoms with E-state index in [-0.39, 0.29) is 22.8 Å². The molecular weight excluding hydrogens is 230 g/mol. The monoisotopic (exact) mass is 234 g/mol. The third kappa shape index (κ3) is 3.23. The van der Waals surface area contributed by atoms with Gasteiger partial charge in [-0.1, -0.05) is 6.07 Å². The Morgan fingerprint density at radius 1 is 1.50 bits per heavy atom. The predicted octanol–water partition coefficient (Wildman–Crippen LogP) is 1.01. The zero-order chi connectivity index (χ0) is 8.10. The summed E-state index contributed by atoms with van der Waals surface area (Å²) >= 11 is 3.24. The quantitative estimate of drug-likeness (QED) is 0.273. The van der Waals surface area contributed by atoms with Crippen molar-refractivity contribution < 1.29 is 31.1 Å². The summed E-state index contributed by atoms with van der Waals surface area (Å²) < 4.78 is 3.86. The molecule has 0 N–H and O–H groups in total. The van der Waals surface area contributed by atoms with Crippen molar-refractivity contribution in [2.75, 3.05) is 0 Å². The van der Waals surface area contributed by atoms with Crippen LogP contribution in [0.25, 0.3) is 0 Å². The molecule has 0 aliphatic heterocycles. The van der Waals surface area contributed by atoms with Gasteiger partial charge in [0.2, 0.25) is 0 Å². The molecule has 0 bridgehead atoms. The van der Waals surface area contributed by atoms with E-state index in [0.29, 0.717) is 0 Å². The Morgan fingerprint density at radius 3 is 2.75 bits per heavy atom. The van der Waals surface area contributed by atoms with Gasteiger partial charge in [-0.05, 0) is 12.1 Å². The zero-order valence-electron chi connectivity index (χ0n) is 5.73. The Labute approximate surface area is 85.3 Å². The van der Waals surface area contributed by atoms with Crippen LogP contribution in [0.1, 0.15) is 10.5 Å². The number of pyridine rings is 1. The first-order valence-electron chi connectivity index (χ1n) is 2.78. The Balaban J connectivity index is 0.00000121. The predicted molar refractivity (Wildman–Crippen MR) is 39.7 cm³/mol. The van der Waals surface area contributed by atoms with E-state index in [9.17, 15) is 4.79 Å². The molecule has 4 nitrogen and oxygen atoms in total. The largest absolute Gasteiger partial charge is 0.392 e. The van der Waals surface area contributed by atoms with Gasteiger partial charge in [0.1, 0.15) is 0 Å². The number of nitrogens with zero attached hydrogens (tertiary/aromatic N) is 1. The molecule has 1 aromatic heterocycles. The van der Waals surface area contributed by atoms with E-state index in [1.807, 2.05) is 0 Å². The van der Waals surface area contributed by atoms with Crippen LogP contribution in [0.5, 0.6) is 0 Å². The smallest absolute Gasteiger partial charge is 0.279 e. The van der Waals surface area contributed by atoms with Crippen LogP contribution < -0.4 is 0 Å².